The Hall–Kier alpha value is -2.69. The standard InChI is InChI=1S/C22H25N3O2/c26-21(23-18-9-2-1-3-10-18)19-11-6-12-20(24-19)22(27)25-14-13-16-7-4-5-8-17(16)15-25/h4-8,11-12,18H,1-3,9-10,13-15H2,(H,23,26). The summed E-state index contributed by atoms with van der Waals surface area (Å²) in [5, 5.41) is 3.07. The Morgan fingerprint density at radius 2 is 1.67 bits per heavy atom. The van der Waals surface area contributed by atoms with Gasteiger partial charge in [-0.2, -0.15) is 0 Å². The second kappa shape index (κ2) is 7.91. The van der Waals surface area contributed by atoms with Crippen LogP contribution in [0.15, 0.2) is 42.5 Å². The van der Waals surface area contributed by atoms with Crippen molar-refractivity contribution in [3.63, 3.8) is 0 Å². The largest absolute Gasteiger partial charge is 0.348 e. The van der Waals surface area contributed by atoms with Crippen molar-refractivity contribution in [2.75, 3.05) is 6.54 Å². The molecule has 5 heteroatoms. The van der Waals surface area contributed by atoms with Gasteiger partial charge in [0.2, 0.25) is 0 Å². The van der Waals surface area contributed by atoms with Crippen molar-refractivity contribution in [2.24, 2.45) is 0 Å². The van der Waals surface area contributed by atoms with Gasteiger partial charge in [0.05, 0.1) is 0 Å². The Kier molecular flexibility index (Phi) is 5.19. The molecule has 140 valence electrons. The molecule has 0 atom stereocenters. The Morgan fingerprint density at radius 1 is 0.926 bits per heavy atom. The minimum absolute atomic E-state index is 0.114. The fourth-order valence-corrected chi connectivity index (χ4v) is 4.02. The molecule has 1 aliphatic heterocycles. The number of pyridine rings is 1. The molecular weight excluding hydrogens is 338 g/mol. The van der Waals surface area contributed by atoms with E-state index < -0.39 is 0 Å². The van der Waals surface area contributed by atoms with Crippen LogP contribution in [0.1, 0.15) is 64.2 Å². The normalized spacial score (nSPS) is 17.3. The van der Waals surface area contributed by atoms with Gasteiger partial charge in [0, 0.05) is 19.1 Å². The van der Waals surface area contributed by atoms with Crippen molar-refractivity contribution in [2.45, 2.75) is 51.1 Å². The van der Waals surface area contributed by atoms with Gasteiger partial charge in [-0.3, -0.25) is 9.59 Å². The number of rotatable bonds is 3. The van der Waals surface area contributed by atoms with Crippen LogP contribution in [-0.4, -0.2) is 34.3 Å². The first kappa shape index (κ1) is 17.7. The molecule has 0 unspecified atom stereocenters. The molecule has 1 saturated carbocycles. The molecule has 2 aliphatic rings. The summed E-state index contributed by atoms with van der Waals surface area (Å²) in [5.74, 6) is -0.294. The van der Waals surface area contributed by atoms with Crippen molar-refractivity contribution in [1.29, 1.82) is 0 Å². The lowest BCUT2D eigenvalue weighted by atomic mass is 9.95. The topological polar surface area (TPSA) is 62.3 Å². The highest BCUT2D eigenvalue weighted by atomic mass is 16.2. The summed E-state index contributed by atoms with van der Waals surface area (Å²) < 4.78 is 0. The summed E-state index contributed by atoms with van der Waals surface area (Å²) >= 11 is 0. The molecule has 0 radical (unpaired) electrons. The first-order chi connectivity index (χ1) is 13.2. The van der Waals surface area contributed by atoms with Crippen LogP contribution in [0.2, 0.25) is 0 Å². The minimum atomic E-state index is -0.180. The number of carbonyl (C=O) groups is 2. The second-order valence-corrected chi connectivity index (χ2v) is 7.46. The van der Waals surface area contributed by atoms with Gasteiger partial charge in [-0.15, -0.1) is 0 Å². The van der Waals surface area contributed by atoms with Gasteiger partial charge in [0.15, 0.2) is 0 Å². The van der Waals surface area contributed by atoms with Gasteiger partial charge in [0.1, 0.15) is 11.4 Å². The molecule has 27 heavy (non-hydrogen) atoms. The van der Waals surface area contributed by atoms with E-state index in [-0.39, 0.29) is 17.9 Å². The van der Waals surface area contributed by atoms with E-state index in [0.717, 1.165) is 32.1 Å². The van der Waals surface area contributed by atoms with E-state index in [2.05, 4.69) is 22.4 Å². The van der Waals surface area contributed by atoms with E-state index in [4.69, 9.17) is 0 Å². The van der Waals surface area contributed by atoms with Crippen LogP contribution in [0.3, 0.4) is 0 Å². The Morgan fingerprint density at radius 3 is 2.48 bits per heavy atom. The van der Waals surface area contributed by atoms with Gasteiger partial charge >= 0.3 is 0 Å². The maximum atomic E-state index is 12.9. The third-order valence-corrected chi connectivity index (χ3v) is 5.56. The van der Waals surface area contributed by atoms with Crippen molar-refractivity contribution < 1.29 is 9.59 Å². The number of nitrogens with zero attached hydrogens (tertiary/aromatic N) is 2. The predicted octanol–water partition coefficient (Wildman–Crippen LogP) is 3.34. The zero-order valence-corrected chi connectivity index (χ0v) is 15.5. The molecule has 0 bridgehead atoms. The van der Waals surface area contributed by atoms with Crippen LogP contribution in [0.25, 0.3) is 0 Å². The van der Waals surface area contributed by atoms with Crippen LogP contribution < -0.4 is 5.32 Å². The smallest absolute Gasteiger partial charge is 0.272 e. The Labute approximate surface area is 159 Å². The number of aromatic nitrogens is 1. The summed E-state index contributed by atoms with van der Waals surface area (Å²) in [6.07, 6.45) is 6.47. The maximum Gasteiger partial charge on any atom is 0.272 e. The molecule has 1 N–H and O–H groups in total. The van der Waals surface area contributed by atoms with Gasteiger partial charge in [0.25, 0.3) is 11.8 Å². The first-order valence-corrected chi connectivity index (χ1v) is 9.85. The van der Waals surface area contributed by atoms with E-state index in [0.29, 0.717) is 24.5 Å². The minimum Gasteiger partial charge on any atom is -0.348 e. The van der Waals surface area contributed by atoms with Crippen molar-refractivity contribution in [3.8, 4) is 0 Å². The first-order valence-electron chi connectivity index (χ1n) is 9.85. The monoisotopic (exact) mass is 363 g/mol. The number of benzene rings is 1. The molecule has 1 aliphatic carbocycles. The maximum absolute atomic E-state index is 12.9. The van der Waals surface area contributed by atoms with Crippen LogP contribution in [-0.2, 0) is 13.0 Å². The van der Waals surface area contributed by atoms with Gasteiger partial charge in [-0.1, -0.05) is 49.6 Å². The van der Waals surface area contributed by atoms with Crippen molar-refractivity contribution in [1.82, 2.24) is 15.2 Å². The summed E-state index contributed by atoms with van der Waals surface area (Å²) in [6.45, 7) is 1.27. The number of fused-ring (bicyclic) bond motifs is 1. The quantitative estimate of drug-likeness (QED) is 0.910. The number of hydrogen-bond acceptors (Lipinski definition) is 3. The van der Waals surface area contributed by atoms with Crippen LogP contribution in [0.4, 0.5) is 0 Å². The molecule has 5 nitrogen and oxygen atoms in total. The lowest BCUT2D eigenvalue weighted by Crippen LogP contribution is -2.38. The Bertz CT molecular complexity index is 843. The molecule has 2 aromatic rings. The summed E-state index contributed by atoms with van der Waals surface area (Å²) in [4.78, 5) is 31.6. The van der Waals surface area contributed by atoms with Crippen LogP contribution in [0, 0.1) is 0 Å². The van der Waals surface area contributed by atoms with Crippen LogP contribution in [0.5, 0.6) is 0 Å². The molecule has 2 amide bonds. The fourth-order valence-electron chi connectivity index (χ4n) is 4.02. The average Bonchev–Trinajstić information content (AvgIpc) is 2.73. The van der Waals surface area contributed by atoms with E-state index in [1.165, 1.54) is 17.5 Å². The molecule has 2 heterocycles. The van der Waals surface area contributed by atoms with Gasteiger partial charge in [-0.05, 0) is 42.5 Å². The van der Waals surface area contributed by atoms with Gasteiger partial charge in [-0.25, -0.2) is 4.98 Å². The lowest BCUT2D eigenvalue weighted by molar-refractivity contribution is 0.0728. The molecular formula is C22H25N3O2. The highest BCUT2D eigenvalue weighted by Gasteiger charge is 2.24. The second-order valence-electron chi connectivity index (χ2n) is 7.46. The molecule has 4 rings (SSSR count). The summed E-state index contributed by atoms with van der Waals surface area (Å²) in [6, 6.07) is 13.6. The average molecular weight is 363 g/mol. The molecule has 1 aromatic carbocycles. The third-order valence-electron chi connectivity index (χ3n) is 5.56. The molecule has 0 saturated heterocycles. The fraction of sp³-hybridized carbons (Fsp3) is 0.409. The highest BCUT2D eigenvalue weighted by molar-refractivity contribution is 5.96. The van der Waals surface area contributed by atoms with Crippen molar-refractivity contribution >= 4 is 11.8 Å². The van der Waals surface area contributed by atoms with Crippen LogP contribution >= 0.6 is 0 Å². The molecule has 0 spiro atoms. The number of carbonyl (C=O) groups excluding carboxylic acids is 2. The summed E-state index contributed by atoms with van der Waals surface area (Å²) in [5.41, 5.74) is 3.15. The lowest BCUT2D eigenvalue weighted by Gasteiger charge is -2.28. The summed E-state index contributed by atoms with van der Waals surface area (Å²) in [7, 11) is 0. The SMILES string of the molecule is O=C(NC1CCCCC1)c1cccc(C(=O)N2CCc3ccccc3C2)n1. The van der Waals surface area contributed by atoms with Gasteiger partial charge < -0.3 is 10.2 Å². The zero-order valence-electron chi connectivity index (χ0n) is 15.5. The number of nitrogens with one attached hydrogen (secondary N) is 1. The van der Waals surface area contributed by atoms with E-state index in [1.54, 1.807) is 18.2 Å². The molecule has 1 fully saturated rings. The molecule has 1 aromatic heterocycles. The Balaban J connectivity index is 1.45. The van der Waals surface area contributed by atoms with E-state index in [9.17, 15) is 9.59 Å². The van der Waals surface area contributed by atoms with E-state index in [1.807, 2.05) is 17.0 Å². The van der Waals surface area contributed by atoms with Crippen molar-refractivity contribution in [3.05, 3.63) is 65.0 Å². The number of amides is 2. The highest BCUT2D eigenvalue weighted by Crippen LogP contribution is 2.20. The number of hydrogen-bond donors (Lipinski definition) is 1. The zero-order chi connectivity index (χ0) is 18.6. The third kappa shape index (κ3) is 4.02. The van der Waals surface area contributed by atoms with E-state index >= 15 is 0 Å². The predicted molar refractivity (Wildman–Crippen MR) is 103 cm³/mol.